The molecule has 0 saturated carbocycles. The van der Waals surface area contributed by atoms with Crippen molar-refractivity contribution in [3.05, 3.63) is 34.9 Å². The zero-order chi connectivity index (χ0) is 17.4. The highest BCUT2D eigenvalue weighted by atomic mass is 35.5. The van der Waals surface area contributed by atoms with Gasteiger partial charge in [-0.1, -0.05) is 30.7 Å². The molecule has 0 aliphatic carbocycles. The van der Waals surface area contributed by atoms with Gasteiger partial charge in [-0.25, -0.2) is 0 Å². The van der Waals surface area contributed by atoms with E-state index in [1.54, 1.807) is 0 Å². The standard InChI is InChI=1S/C18H29ClN4O/c1-15(13-23-7-9-24-10-8-23)12-21-18(20-2)22(3)14-16-5-4-6-17(19)11-16/h4-6,11,15H,7-10,12-14H2,1-3H3,(H,20,21). The van der Waals surface area contributed by atoms with Crippen molar-refractivity contribution in [3.8, 4) is 0 Å². The fourth-order valence-corrected chi connectivity index (χ4v) is 3.14. The van der Waals surface area contributed by atoms with Gasteiger partial charge in [0.05, 0.1) is 13.2 Å². The van der Waals surface area contributed by atoms with E-state index in [4.69, 9.17) is 16.3 Å². The van der Waals surface area contributed by atoms with Gasteiger partial charge in [0.1, 0.15) is 0 Å². The van der Waals surface area contributed by atoms with E-state index in [0.717, 1.165) is 56.9 Å². The summed E-state index contributed by atoms with van der Waals surface area (Å²) in [7, 11) is 3.87. The molecular weight excluding hydrogens is 324 g/mol. The van der Waals surface area contributed by atoms with Crippen LogP contribution in [0.4, 0.5) is 0 Å². The number of nitrogens with one attached hydrogen (secondary N) is 1. The van der Waals surface area contributed by atoms with Crippen LogP contribution in [-0.2, 0) is 11.3 Å². The predicted octanol–water partition coefficient (Wildman–Crippen LogP) is 2.32. The van der Waals surface area contributed by atoms with Crippen LogP contribution in [-0.4, -0.2) is 69.2 Å². The molecule has 1 atom stereocenters. The lowest BCUT2D eigenvalue weighted by atomic mass is 10.1. The highest BCUT2D eigenvalue weighted by Crippen LogP contribution is 2.12. The van der Waals surface area contributed by atoms with Crippen LogP contribution in [0.2, 0.25) is 5.02 Å². The van der Waals surface area contributed by atoms with Crippen molar-refractivity contribution in [1.82, 2.24) is 15.1 Å². The number of morpholine rings is 1. The second-order valence-corrected chi connectivity index (χ2v) is 6.87. The van der Waals surface area contributed by atoms with Crippen LogP contribution in [0.15, 0.2) is 29.3 Å². The first-order chi connectivity index (χ1) is 11.6. The molecule has 0 spiro atoms. The minimum Gasteiger partial charge on any atom is -0.379 e. The number of aliphatic imine (C=N–C) groups is 1. The molecule has 0 bridgehead atoms. The van der Waals surface area contributed by atoms with Crippen molar-refractivity contribution in [2.45, 2.75) is 13.5 Å². The van der Waals surface area contributed by atoms with E-state index in [1.165, 1.54) is 5.56 Å². The summed E-state index contributed by atoms with van der Waals surface area (Å²) in [6.45, 7) is 8.82. The van der Waals surface area contributed by atoms with Crippen molar-refractivity contribution in [3.63, 3.8) is 0 Å². The van der Waals surface area contributed by atoms with Gasteiger partial charge in [0.25, 0.3) is 0 Å². The SMILES string of the molecule is CN=C(NCC(C)CN1CCOCC1)N(C)Cc1cccc(Cl)c1. The monoisotopic (exact) mass is 352 g/mol. The highest BCUT2D eigenvalue weighted by molar-refractivity contribution is 6.30. The van der Waals surface area contributed by atoms with Gasteiger partial charge in [-0.15, -0.1) is 0 Å². The van der Waals surface area contributed by atoms with Crippen molar-refractivity contribution >= 4 is 17.6 Å². The van der Waals surface area contributed by atoms with E-state index in [-0.39, 0.29) is 0 Å². The number of hydrogen-bond donors (Lipinski definition) is 1. The molecule has 2 rings (SSSR count). The number of benzene rings is 1. The largest absolute Gasteiger partial charge is 0.379 e. The lowest BCUT2D eigenvalue weighted by Crippen LogP contribution is -2.44. The van der Waals surface area contributed by atoms with Crippen molar-refractivity contribution < 1.29 is 4.74 Å². The molecule has 1 aromatic rings. The molecule has 0 radical (unpaired) electrons. The lowest BCUT2D eigenvalue weighted by Gasteiger charge is -2.30. The maximum atomic E-state index is 6.06. The van der Waals surface area contributed by atoms with Crippen LogP contribution in [0, 0.1) is 5.92 Å². The van der Waals surface area contributed by atoms with Gasteiger partial charge < -0.3 is 15.0 Å². The molecule has 24 heavy (non-hydrogen) atoms. The Morgan fingerprint density at radius 2 is 2.17 bits per heavy atom. The Balaban J connectivity index is 1.78. The molecule has 1 saturated heterocycles. The number of halogens is 1. The van der Waals surface area contributed by atoms with Gasteiger partial charge >= 0.3 is 0 Å². The third-order valence-electron chi connectivity index (χ3n) is 4.16. The van der Waals surface area contributed by atoms with Gasteiger partial charge in [0.2, 0.25) is 0 Å². The molecule has 1 N–H and O–H groups in total. The Bertz CT molecular complexity index is 532. The molecule has 1 aliphatic rings. The van der Waals surface area contributed by atoms with E-state index < -0.39 is 0 Å². The number of nitrogens with zero attached hydrogens (tertiary/aromatic N) is 3. The van der Waals surface area contributed by atoms with E-state index in [9.17, 15) is 0 Å². The Kier molecular flexibility index (Phi) is 7.82. The Morgan fingerprint density at radius 3 is 2.83 bits per heavy atom. The summed E-state index contributed by atoms with van der Waals surface area (Å²) in [5.74, 6) is 1.46. The number of rotatable bonds is 6. The molecule has 0 amide bonds. The summed E-state index contributed by atoms with van der Waals surface area (Å²) in [5, 5.41) is 4.25. The molecule has 6 heteroatoms. The smallest absolute Gasteiger partial charge is 0.193 e. The fourth-order valence-electron chi connectivity index (χ4n) is 2.92. The summed E-state index contributed by atoms with van der Waals surface area (Å²) < 4.78 is 5.40. The van der Waals surface area contributed by atoms with Crippen LogP contribution in [0.1, 0.15) is 12.5 Å². The molecule has 5 nitrogen and oxygen atoms in total. The van der Waals surface area contributed by atoms with Gasteiger partial charge in [0.15, 0.2) is 5.96 Å². The summed E-state index contributed by atoms with van der Waals surface area (Å²) in [5.41, 5.74) is 1.18. The average molecular weight is 353 g/mol. The highest BCUT2D eigenvalue weighted by Gasteiger charge is 2.14. The summed E-state index contributed by atoms with van der Waals surface area (Å²) in [4.78, 5) is 8.97. The van der Waals surface area contributed by atoms with Crippen LogP contribution < -0.4 is 5.32 Å². The molecule has 1 aliphatic heterocycles. The van der Waals surface area contributed by atoms with Gasteiger partial charge in [0, 0.05) is 51.8 Å². The maximum Gasteiger partial charge on any atom is 0.193 e. The van der Waals surface area contributed by atoms with Crippen LogP contribution >= 0.6 is 11.6 Å². The van der Waals surface area contributed by atoms with Gasteiger partial charge in [-0.3, -0.25) is 9.89 Å². The van der Waals surface area contributed by atoms with Gasteiger partial charge in [-0.05, 0) is 23.6 Å². The predicted molar refractivity (Wildman–Crippen MR) is 101 cm³/mol. The van der Waals surface area contributed by atoms with E-state index >= 15 is 0 Å². The van der Waals surface area contributed by atoms with Crippen LogP contribution in [0.3, 0.4) is 0 Å². The maximum absolute atomic E-state index is 6.06. The molecule has 1 aromatic carbocycles. The quantitative estimate of drug-likeness (QED) is 0.630. The first-order valence-electron chi connectivity index (χ1n) is 8.55. The van der Waals surface area contributed by atoms with E-state index in [1.807, 2.05) is 32.3 Å². The van der Waals surface area contributed by atoms with E-state index in [2.05, 4.69) is 33.1 Å². The first-order valence-corrected chi connectivity index (χ1v) is 8.92. The Morgan fingerprint density at radius 1 is 1.42 bits per heavy atom. The Hall–Kier alpha value is -1.30. The third kappa shape index (κ3) is 6.30. The minimum absolute atomic E-state index is 0.555. The molecule has 1 fully saturated rings. The topological polar surface area (TPSA) is 40.1 Å². The van der Waals surface area contributed by atoms with Crippen molar-refractivity contribution in [2.24, 2.45) is 10.9 Å². The normalized spacial score (nSPS) is 17.6. The fraction of sp³-hybridized carbons (Fsp3) is 0.611. The summed E-state index contributed by atoms with van der Waals surface area (Å²) >= 11 is 6.06. The molecule has 134 valence electrons. The molecule has 1 heterocycles. The van der Waals surface area contributed by atoms with Crippen LogP contribution in [0.5, 0.6) is 0 Å². The average Bonchev–Trinajstić information content (AvgIpc) is 2.56. The molecule has 0 aromatic heterocycles. The van der Waals surface area contributed by atoms with Crippen LogP contribution in [0.25, 0.3) is 0 Å². The number of hydrogen-bond acceptors (Lipinski definition) is 3. The second-order valence-electron chi connectivity index (χ2n) is 6.43. The Labute approximate surface area is 150 Å². The second kappa shape index (κ2) is 9.87. The van der Waals surface area contributed by atoms with Crippen molar-refractivity contribution in [1.29, 1.82) is 0 Å². The number of ether oxygens (including phenoxy) is 1. The summed E-state index contributed by atoms with van der Waals surface area (Å²) in [6.07, 6.45) is 0. The van der Waals surface area contributed by atoms with Gasteiger partial charge in [-0.2, -0.15) is 0 Å². The summed E-state index contributed by atoms with van der Waals surface area (Å²) in [6, 6.07) is 7.95. The first kappa shape index (κ1) is 19.0. The molecular formula is C18H29ClN4O. The third-order valence-corrected chi connectivity index (χ3v) is 4.40. The zero-order valence-corrected chi connectivity index (χ0v) is 15.7. The zero-order valence-electron chi connectivity index (χ0n) is 15.0. The lowest BCUT2D eigenvalue weighted by molar-refractivity contribution is 0.0320. The number of guanidine groups is 1. The van der Waals surface area contributed by atoms with E-state index in [0.29, 0.717) is 5.92 Å². The van der Waals surface area contributed by atoms with Crippen molar-refractivity contribution in [2.75, 3.05) is 53.5 Å². The molecule has 1 unspecified atom stereocenters. The minimum atomic E-state index is 0.555.